The van der Waals surface area contributed by atoms with E-state index in [-0.39, 0.29) is 5.52 Å². The van der Waals surface area contributed by atoms with Crippen LogP contribution >= 0.6 is 0 Å². The van der Waals surface area contributed by atoms with Gasteiger partial charge in [0, 0.05) is 17.1 Å². The van der Waals surface area contributed by atoms with E-state index in [0.717, 1.165) is 6.07 Å². The summed E-state index contributed by atoms with van der Waals surface area (Å²) in [5.41, 5.74) is 1.36. The molecule has 0 saturated heterocycles. The summed E-state index contributed by atoms with van der Waals surface area (Å²) in [6.07, 6.45) is -3.21. The Kier molecular flexibility index (Phi) is 4.84. The van der Waals surface area contributed by atoms with Gasteiger partial charge in [0.2, 0.25) is 0 Å². The van der Waals surface area contributed by atoms with E-state index in [4.69, 9.17) is 0 Å². The maximum atomic E-state index is 13.5. The van der Waals surface area contributed by atoms with Crippen molar-refractivity contribution in [1.29, 1.82) is 0 Å². The summed E-state index contributed by atoms with van der Waals surface area (Å²) < 4.78 is 40.6. The monoisotopic (exact) mass is 392 g/mol. The van der Waals surface area contributed by atoms with Crippen molar-refractivity contribution in [3.8, 4) is 11.1 Å². The minimum Gasteiger partial charge on any atom is -0.255 e. The van der Waals surface area contributed by atoms with Crippen LogP contribution in [0.5, 0.6) is 0 Å². The van der Waals surface area contributed by atoms with Gasteiger partial charge in [0.1, 0.15) is 6.04 Å². The van der Waals surface area contributed by atoms with E-state index in [1.165, 1.54) is 12.3 Å². The largest absolute Gasteiger partial charge is 0.418 e. The normalized spacial score (nSPS) is 12.7. The molecule has 6 heteroatoms. The average molecular weight is 392 g/mol. The van der Waals surface area contributed by atoms with Crippen LogP contribution in [0.2, 0.25) is 0 Å². The van der Waals surface area contributed by atoms with E-state index in [1.807, 2.05) is 12.1 Å². The molecule has 1 atom stereocenters. The molecule has 0 amide bonds. The van der Waals surface area contributed by atoms with Crippen LogP contribution in [0.1, 0.15) is 22.7 Å². The Labute approximate surface area is 164 Å². The number of pyridine rings is 1. The van der Waals surface area contributed by atoms with Gasteiger partial charge < -0.3 is 0 Å². The number of benzene rings is 3. The molecule has 0 spiro atoms. The lowest BCUT2D eigenvalue weighted by Gasteiger charge is -2.19. The van der Waals surface area contributed by atoms with Crippen molar-refractivity contribution in [3.05, 3.63) is 107 Å². The molecule has 0 fully saturated rings. The first-order valence-corrected chi connectivity index (χ1v) is 8.92. The molecule has 3 nitrogen and oxygen atoms in total. The highest BCUT2D eigenvalue weighted by Gasteiger charge is 2.34. The fourth-order valence-electron chi connectivity index (χ4n) is 3.53. The van der Waals surface area contributed by atoms with E-state index in [9.17, 15) is 18.1 Å². The van der Waals surface area contributed by atoms with Crippen LogP contribution in [0.4, 0.5) is 13.2 Å². The summed E-state index contributed by atoms with van der Waals surface area (Å²) in [7, 11) is 0. The van der Waals surface area contributed by atoms with Crippen molar-refractivity contribution in [2.24, 2.45) is 5.18 Å². The first kappa shape index (κ1) is 18.8. The van der Waals surface area contributed by atoms with Gasteiger partial charge in [0.15, 0.2) is 0 Å². The molecule has 29 heavy (non-hydrogen) atoms. The minimum atomic E-state index is -4.54. The molecule has 0 saturated carbocycles. The third-order valence-corrected chi connectivity index (χ3v) is 4.81. The summed E-state index contributed by atoms with van der Waals surface area (Å²) in [4.78, 5) is 15.9. The van der Waals surface area contributed by atoms with Crippen molar-refractivity contribution >= 4 is 10.9 Å². The van der Waals surface area contributed by atoms with Gasteiger partial charge in [-0.3, -0.25) is 4.98 Å². The van der Waals surface area contributed by atoms with Gasteiger partial charge in [0.05, 0.1) is 11.1 Å². The van der Waals surface area contributed by atoms with E-state index >= 15 is 0 Å². The van der Waals surface area contributed by atoms with Gasteiger partial charge >= 0.3 is 6.18 Å². The molecule has 0 aliphatic heterocycles. The predicted octanol–water partition coefficient (Wildman–Crippen LogP) is 6.78. The molecule has 0 aliphatic rings. The highest BCUT2D eigenvalue weighted by atomic mass is 19.4. The third-order valence-electron chi connectivity index (χ3n) is 4.81. The fraction of sp³-hybridized carbons (Fsp3) is 0.0870. The summed E-state index contributed by atoms with van der Waals surface area (Å²) in [5, 5.41) is 3.61. The summed E-state index contributed by atoms with van der Waals surface area (Å²) in [6.45, 7) is 0. The summed E-state index contributed by atoms with van der Waals surface area (Å²) in [5.74, 6) is 0. The standard InChI is InChI=1S/C23H15F3N2O/c24-23(25,26)19-13-7-12-17-20(15-8-3-1-4-9-15)18(14-27-22(17)19)21(28-29)16-10-5-2-6-11-16/h1-14,21H. The lowest BCUT2D eigenvalue weighted by molar-refractivity contribution is -0.136. The van der Waals surface area contributed by atoms with E-state index in [1.54, 1.807) is 54.6 Å². The van der Waals surface area contributed by atoms with Crippen molar-refractivity contribution in [2.75, 3.05) is 0 Å². The Bertz CT molecular complexity index is 1160. The predicted molar refractivity (Wildman–Crippen MR) is 106 cm³/mol. The van der Waals surface area contributed by atoms with Crippen LogP contribution in [0, 0.1) is 4.91 Å². The minimum absolute atomic E-state index is 0.152. The molecule has 1 unspecified atom stereocenters. The van der Waals surface area contributed by atoms with Crippen molar-refractivity contribution < 1.29 is 13.2 Å². The Morgan fingerprint density at radius 2 is 1.48 bits per heavy atom. The number of alkyl halides is 3. The lowest BCUT2D eigenvalue weighted by atomic mass is 9.89. The Hall–Kier alpha value is -3.54. The van der Waals surface area contributed by atoms with E-state index < -0.39 is 17.8 Å². The van der Waals surface area contributed by atoms with Gasteiger partial charge in [-0.05, 0) is 22.8 Å². The number of halogens is 3. The zero-order valence-corrected chi connectivity index (χ0v) is 15.1. The van der Waals surface area contributed by atoms with Crippen LogP contribution in [-0.2, 0) is 6.18 Å². The van der Waals surface area contributed by atoms with Crippen molar-refractivity contribution in [3.63, 3.8) is 0 Å². The number of aromatic nitrogens is 1. The van der Waals surface area contributed by atoms with Crippen LogP contribution in [-0.4, -0.2) is 4.98 Å². The summed E-state index contributed by atoms with van der Waals surface area (Å²) >= 11 is 0. The molecule has 4 aromatic rings. The average Bonchev–Trinajstić information content (AvgIpc) is 2.74. The quantitative estimate of drug-likeness (QED) is 0.359. The van der Waals surface area contributed by atoms with Crippen LogP contribution in [0.25, 0.3) is 22.0 Å². The molecule has 144 valence electrons. The molecule has 3 aromatic carbocycles. The first-order valence-electron chi connectivity index (χ1n) is 8.92. The van der Waals surface area contributed by atoms with Gasteiger partial charge in [-0.25, -0.2) is 0 Å². The van der Waals surface area contributed by atoms with Crippen LogP contribution in [0.15, 0.2) is 90.2 Å². The Morgan fingerprint density at radius 3 is 2.10 bits per heavy atom. The number of rotatable bonds is 4. The van der Waals surface area contributed by atoms with Crippen LogP contribution in [0.3, 0.4) is 0 Å². The first-order chi connectivity index (χ1) is 14.0. The molecular formula is C23H15F3N2O. The van der Waals surface area contributed by atoms with Gasteiger partial charge in [-0.1, -0.05) is 78.0 Å². The lowest BCUT2D eigenvalue weighted by Crippen LogP contribution is -2.08. The van der Waals surface area contributed by atoms with E-state index in [0.29, 0.717) is 27.6 Å². The van der Waals surface area contributed by atoms with Crippen molar-refractivity contribution in [2.45, 2.75) is 12.2 Å². The molecule has 0 bridgehead atoms. The smallest absolute Gasteiger partial charge is 0.255 e. The molecular weight excluding hydrogens is 377 g/mol. The maximum Gasteiger partial charge on any atom is 0.418 e. The number of para-hydroxylation sites is 1. The number of nitrogens with zero attached hydrogens (tertiary/aromatic N) is 2. The second-order valence-corrected chi connectivity index (χ2v) is 6.57. The second-order valence-electron chi connectivity index (χ2n) is 6.57. The number of hydrogen-bond donors (Lipinski definition) is 0. The topological polar surface area (TPSA) is 42.3 Å². The third kappa shape index (κ3) is 3.49. The molecule has 4 rings (SSSR count). The van der Waals surface area contributed by atoms with Gasteiger partial charge in [-0.2, -0.15) is 13.2 Å². The molecule has 0 radical (unpaired) electrons. The molecule has 0 aliphatic carbocycles. The number of fused-ring (bicyclic) bond motifs is 1. The highest BCUT2D eigenvalue weighted by Crippen LogP contribution is 2.41. The maximum absolute atomic E-state index is 13.5. The van der Waals surface area contributed by atoms with Gasteiger partial charge in [0.25, 0.3) is 0 Å². The van der Waals surface area contributed by atoms with Crippen molar-refractivity contribution in [1.82, 2.24) is 4.98 Å². The van der Waals surface area contributed by atoms with Gasteiger partial charge in [-0.15, -0.1) is 4.91 Å². The fourth-order valence-corrected chi connectivity index (χ4v) is 3.53. The number of nitroso groups, excluding NO2 is 1. The highest BCUT2D eigenvalue weighted by molar-refractivity contribution is 5.98. The summed E-state index contributed by atoms with van der Waals surface area (Å²) in [6, 6.07) is 21.0. The van der Waals surface area contributed by atoms with E-state index in [2.05, 4.69) is 10.2 Å². The Morgan fingerprint density at radius 1 is 0.828 bits per heavy atom. The SMILES string of the molecule is O=NC(c1ccccc1)c1cnc2c(C(F)(F)F)cccc2c1-c1ccccc1. The zero-order valence-electron chi connectivity index (χ0n) is 15.1. The van der Waals surface area contributed by atoms with Crippen LogP contribution < -0.4 is 0 Å². The second kappa shape index (κ2) is 7.47. The molecule has 1 aromatic heterocycles. The zero-order chi connectivity index (χ0) is 20.4. The number of hydrogen-bond acceptors (Lipinski definition) is 3. The molecule has 1 heterocycles. The Balaban J connectivity index is 2.07. The molecule has 0 N–H and O–H groups in total.